The van der Waals surface area contributed by atoms with Crippen LogP contribution >= 0.6 is 0 Å². The number of carboxylic acids is 1. The first-order valence-corrected chi connectivity index (χ1v) is 4.16. The van der Waals surface area contributed by atoms with Crippen LogP contribution in [-0.4, -0.2) is 18.3 Å². The van der Waals surface area contributed by atoms with Gasteiger partial charge in [0.1, 0.15) is 0 Å². The van der Waals surface area contributed by atoms with Gasteiger partial charge in [0.15, 0.2) is 0 Å². The highest BCUT2D eigenvalue weighted by atomic mass is 19.4. The lowest BCUT2D eigenvalue weighted by molar-refractivity contribution is -0.312. The molecular formula is C8H7F6O2-. The van der Waals surface area contributed by atoms with E-state index in [0.717, 1.165) is 0 Å². The summed E-state index contributed by atoms with van der Waals surface area (Å²) in [5, 5.41) is 10.4. The van der Waals surface area contributed by atoms with Crippen molar-refractivity contribution in [2.75, 3.05) is 0 Å². The highest BCUT2D eigenvalue weighted by Gasteiger charge is 2.90. The number of carboxylic acid groups (broad SMARTS) is 1. The lowest BCUT2D eigenvalue weighted by Crippen LogP contribution is -2.35. The Morgan fingerprint density at radius 3 is 1.31 bits per heavy atom. The van der Waals surface area contributed by atoms with E-state index in [-0.39, 0.29) is 13.8 Å². The largest absolute Gasteiger partial charge is 0.550 e. The molecule has 8 heteroatoms. The fourth-order valence-electron chi connectivity index (χ4n) is 2.19. The second kappa shape index (κ2) is 2.84. The maximum Gasteiger partial charge on any atom is 0.395 e. The molecule has 1 fully saturated rings. The fourth-order valence-corrected chi connectivity index (χ4v) is 2.19. The average Bonchev–Trinajstić information content (AvgIpc) is 2.49. The highest BCUT2D eigenvalue weighted by molar-refractivity contribution is 5.76. The van der Waals surface area contributed by atoms with Gasteiger partial charge in [0.05, 0.1) is 10.8 Å². The molecule has 0 bridgehead atoms. The third-order valence-corrected chi connectivity index (χ3v) is 3.56. The van der Waals surface area contributed by atoms with Crippen molar-refractivity contribution in [3.63, 3.8) is 0 Å². The molecule has 2 unspecified atom stereocenters. The Labute approximate surface area is 86.2 Å². The Bertz CT molecular complexity index is 306. The van der Waals surface area contributed by atoms with Crippen molar-refractivity contribution in [3.8, 4) is 0 Å². The van der Waals surface area contributed by atoms with Crippen molar-refractivity contribution in [2.45, 2.75) is 26.2 Å². The van der Waals surface area contributed by atoms with E-state index >= 15 is 0 Å². The summed E-state index contributed by atoms with van der Waals surface area (Å²) < 4.78 is 74.8. The quantitative estimate of drug-likeness (QED) is 0.661. The molecule has 0 aromatic carbocycles. The number of carbonyl (C=O) groups is 1. The Morgan fingerprint density at radius 2 is 1.25 bits per heavy atom. The van der Waals surface area contributed by atoms with Crippen LogP contribution in [0.25, 0.3) is 0 Å². The number of hydrogen-bond acceptors (Lipinski definition) is 2. The Hall–Kier alpha value is -0.950. The molecule has 1 rings (SSSR count). The summed E-state index contributed by atoms with van der Waals surface area (Å²) >= 11 is 0. The van der Waals surface area contributed by atoms with Gasteiger partial charge >= 0.3 is 12.4 Å². The third-order valence-electron chi connectivity index (χ3n) is 3.56. The molecule has 16 heavy (non-hydrogen) atoms. The smallest absolute Gasteiger partial charge is 0.395 e. The molecule has 2 nitrogen and oxygen atoms in total. The number of hydrogen-bond donors (Lipinski definition) is 0. The van der Waals surface area contributed by atoms with E-state index in [2.05, 4.69) is 0 Å². The molecule has 0 heterocycles. The van der Waals surface area contributed by atoms with Gasteiger partial charge in [-0.2, -0.15) is 26.3 Å². The zero-order valence-corrected chi connectivity index (χ0v) is 8.16. The summed E-state index contributed by atoms with van der Waals surface area (Å²) in [7, 11) is 0. The van der Waals surface area contributed by atoms with Gasteiger partial charge in [0.25, 0.3) is 0 Å². The van der Waals surface area contributed by atoms with Crippen LogP contribution < -0.4 is 5.11 Å². The van der Waals surface area contributed by atoms with E-state index in [1.165, 1.54) is 0 Å². The van der Waals surface area contributed by atoms with Gasteiger partial charge in [-0.05, 0) is 13.8 Å². The van der Waals surface area contributed by atoms with Gasteiger partial charge in [-0.25, -0.2) is 0 Å². The molecule has 0 spiro atoms. The lowest BCUT2D eigenvalue weighted by atomic mass is 9.95. The minimum absolute atomic E-state index is 0.251. The van der Waals surface area contributed by atoms with E-state index in [0.29, 0.717) is 0 Å². The number of alkyl halides is 6. The van der Waals surface area contributed by atoms with Crippen molar-refractivity contribution < 1.29 is 36.2 Å². The molecule has 0 aliphatic heterocycles. The van der Waals surface area contributed by atoms with Crippen LogP contribution in [0.5, 0.6) is 0 Å². The van der Waals surface area contributed by atoms with Crippen LogP contribution in [-0.2, 0) is 4.79 Å². The molecule has 1 saturated carbocycles. The zero-order chi connectivity index (χ0) is 13.2. The van der Waals surface area contributed by atoms with Crippen LogP contribution in [0.2, 0.25) is 0 Å². The first-order valence-electron chi connectivity index (χ1n) is 4.16. The zero-order valence-electron chi connectivity index (χ0n) is 8.16. The van der Waals surface area contributed by atoms with Crippen LogP contribution in [0.4, 0.5) is 26.3 Å². The van der Waals surface area contributed by atoms with Crippen LogP contribution in [0.3, 0.4) is 0 Å². The Balaban J connectivity index is 3.29. The third kappa shape index (κ3) is 1.18. The van der Waals surface area contributed by atoms with Gasteiger partial charge in [-0.3, -0.25) is 0 Å². The van der Waals surface area contributed by atoms with Crippen LogP contribution in [0.15, 0.2) is 0 Å². The normalized spacial score (nSPS) is 39.6. The molecule has 0 amide bonds. The number of aliphatic carboxylic acids is 1. The van der Waals surface area contributed by atoms with Gasteiger partial charge in [-0.15, -0.1) is 0 Å². The lowest BCUT2D eigenvalue weighted by Gasteiger charge is -2.23. The monoisotopic (exact) mass is 249 g/mol. The van der Waals surface area contributed by atoms with Crippen molar-refractivity contribution in [3.05, 3.63) is 0 Å². The molecule has 0 saturated heterocycles. The first kappa shape index (κ1) is 13.1. The summed E-state index contributed by atoms with van der Waals surface area (Å²) in [5.41, 5.74) is -6.64. The summed E-state index contributed by atoms with van der Waals surface area (Å²) in [6.07, 6.45) is -10.5. The van der Waals surface area contributed by atoms with Crippen LogP contribution in [0.1, 0.15) is 13.8 Å². The summed E-state index contributed by atoms with van der Waals surface area (Å²) in [6.45, 7) is 0.502. The summed E-state index contributed by atoms with van der Waals surface area (Å²) in [4.78, 5) is 10.4. The predicted octanol–water partition coefficient (Wildman–Crippen LogP) is 1.50. The predicted molar refractivity (Wildman–Crippen MR) is 36.8 cm³/mol. The number of halogens is 6. The van der Waals surface area contributed by atoms with E-state index in [1.54, 1.807) is 0 Å². The first-order chi connectivity index (χ1) is 6.82. The number of rotatable bonds is 1. The molecule has 0 aromatic heterocycles. The maximum atomic E-state index is 12.5. The van der Waals surface area contributed by atoms with E-state index in [1.807, 2.05) is 0 Å². The van der Waals surface area contributed by atoms with Gasteiger partial charge in [0.2, 0.25) is 0 Å². The summed E-state index contributed by atoms with van der Waals surface area (Å²) in [5.74, 6) is -4.93. The molecule has 1 aliphatic carbocycles. The Kier molecular flexibility index (Phi) is 2.32. The van der Waals surface area contributed by atoms with Crippen molar-refractivity contribution in [2.24, 2.45) is 16.7 Å². The SMILES string of the molecule is CC1(C(F)(F)F)C(C(=O)[O-])C1(C)C(F)(F)F. The molecule has 94 valence electrons. The van der Waals surface area contributed by atoms with Gasteiger partial charge in [-0.1, -0.05) is 0 Å². The standard InChI is InChI=1S/C8H8F6O2/c1-5(7(9,10)11)3(4(15)16)6(5,2)8(12,13)14/h3H,1-2H3,(H,15,16)/p-1. The van der Waals surface area contributed by atoms with Gasteiger partial charge in [0, 0.05) is 11.9 Å². The maximum absolute atomic E-state index is 12.5. The second-order valence-corrected chi connectivity index (χ2v) is 4.15. The molecule has 2 atom stereocenters. The highest BCUT2D eigenvalue weighted by Crippen LogP contribution is 2.79. The van der Waals surface area contributed by atoms with Crippen molar-refractivity contribution in [1.29, 1.82) is 0 Å². The van der Waals surface area contributed by atoms with Gasteiger partial charge < -0.3 is 9.90 Å². The van der Waals surface area contributed by atoms with E-state index in [9.17, 15) is 36.2 Å². The van der Waals surface area contributed by atoms with E-state index in [4.69, 9.17) is 0 Å². The topological polar surface area (TPSA) is 40.1 Å². The minimum atomic E-state index is -5.25. The van der Waals surface area contributed by atoms with Crippen LogP contribution in [0, 0.1) is 16.7 Å². The molecule has 0 aromatic rings. The molecule has 0 N–H and O–H groups in total. The molecule has 0 radical (unpaired) electrons. The average molecular weight is 249 g/mol. The number of carbonyl (C=O) groups excluding carboxylic acids is 1. The minimum Gasteiger partial charge on any atom is -0.550 e. The van der Waals surface area contributed by atoms with E-state index < -0.39 is 35.1 Å². The van der Waals surface area contributed by atoms with Crippen molar-refractivity contribution in [1.82, 2.24) is 0 Å². The molecular weight excluding hydrogens is 242 g/mol. The molecule has 1 aliphatic rings. The second-order valence-electron chi connectivity index (χ2n) is 4.15. The summed E-state index contributed by atoms with van der Waals surface area (Å²) in [6, 6.07) is 0. The fraction of sp³-hybridized carbons (Fsp3) is 0.875. The van der Waals surface area contributed by atoms with Crippen molar-refractivity contribution >= 4 is 5.97 Å². The Morgan fingerprint density at radius 1 is 1.00 bits per heavy atom.